The summed E-state index contributed by atoms with van der Waals surface area (Å²) in [6, 6.07) is 14.6. The van der Waals surface area contributed by atoms with Crippen molar-refractivity contribution in [3.05, 3.63) is 71.8 Å². The number of hydrogen-bond donors (Lipinski definition) is 0. The summed E-state index contributed by atoms with van der Waals surface area (Å²) in [5.74, 6) is 0.463. The van der Waals surface area contributed by atoms with Crippen LogP contribution in [0.1, 0.15) is 11.1 Å². The van der Waals surface area contributed by atoms with Gasteiger partial charge in [0, 0.05) is 12.2 Å². The van der Waals surface area contributed by atoms with E-state index in [2.05, 4.69) is 0 Å². The Morgan fingerprint density at radius 2 is 1.09 bits per heavy atom. The topological polar surface area (TPSA) is 89.5 Å². The lowest BCUT2D eigenvalue weighted by molar-refractivity contribution is -0.149. The molecule has 8 nitrogen and oxygen atoms in total. The third-order valence-corrected chi connectivity index (χ3v) is 5.55. The van der Waals surface area contributed by atoms with Crippen molar-refractivity contribution in [3.63, 3.8) is 0 Å². The Labute approximate surface area is 197 Å². The van der Waals surface area contributed by atoms with Gasteiger partial charge in [-0.25, -0.2) is 9.59 Å². The number of carbonyl (C=O) groups excluding carboxylic acids is 2. The van der Waals surface area contributed by atoms with Gasteiger partial charge in [-0.15, -0.1) is 0 Å². The highest BCUT2D eigenvalue weighted by Gasteiger charge is 2.50. The number of hydrogen-bond acceptors (Lipinski definition) is 8. The van der Waals surface area contributed by atoms with Crippen molar-refractivity contribution in [1.82, 2.24) is 0 Å². The summed E-state index contributed by atoms with van der Waals surface area (Å²) in [5.41, 5.74) is 1.68. The minimum atomic E-state index is -0.573. The molecule has 0 radical (unpaired) electrons. The highest BCUT2D eigenvalue weighted by molar-refractivity contribution is 5.87. The van der Waals surface area contributed by atoms with Gasteiger partial charge >= 0.3 is 11.9 Å². The molecule has 2 saturated heterocycles. The number of esters is 2. The first-order valence-electron chi connectivity index (χ1n) is 10.8. The molecule has 178 valence electrons. The Hall–Kier alpha value is -3.62. The summed E-state index contributed by atoms with van der Waals surface area (Å²) in [6.45, 7) is 0.348. The molecule has 2 heterocycles. The maximum atomic E-state index is 12.3. The van der Waals surface area contributed by atoms with Gasteiger partial charge < -0.3 is 28.4 Å². The van der Waals surface area contributed by atoms with Crippen LogP contribution in [-0.2, 0) is 28.5 Å². The van der Waals surface area contributed by atoms with E-state index in [1.54, 1.807) is 50.6 Å². The highest BCUT2D eigenvalue weighted by Crippen LogP contribution is 2.31. The van der Waals surface area contributed by atoms with Crippen molar-refractivity contribution >= 4 is 24.1 Å². The predicted octanol–water partition coefficient (Wildman–Crippen LogP) is 3.05. The summed E-state index contributed by atoms with van der Waals surface area (Å²) in [7, 11) is 3.18. The van der Waals surface area contributed by atoms with E-state index in [0.717, 1.165) is 22.6 Å². The van der Waals surface area contributed by atoms with Gasteiger partial charge in [-0.05, 0) is 47.5 Å². The third kappa shape index (κ3) is 5.84. The van der Waals surface area contributed by atoms with Crippen LogP contribution in [-0.4, -0.2) is 63.8 Å². The third-order valence-electron chi connectivity index (χ3n) is 5.55. The summed E-state index contributed by atoms with van der Waals surface area (Å²) in [6.07, 6.45) is 3.91. The molecule has 0 aliphatic carbocycles. The van der Waals surface area contributed by atoms with Crippen molar-refractivity contribution in [2.24, 2.45) is 0 Å². The molecule has 2 aromatic rings. The van der Waals surface area contributed by atoms with Crippen molar-refractivity contribution in [2.45, 2.75) is 24.4 Å². The Morgan fingerprint density at radius 1 is 0.706 bits per heavy atom. The Balaban J connectivity index is 1.26. The van der Waals surface area contributed by atoms with E-state index in [1.165, 1.54) is 12.2 Å². The van der Waals surface area contributed by atoms with E-state index in [9.17, 15) is 9.59 Å². The molecule has 34 heavy (non-hydrogen) atoms. The molecule has 2 unspecified atom stereocenters. The van der Waals surface area contributed by atoms with Crippen LogP contribution in [0.25, 0.3) is 12.2 Å². The summed E-state index contributed by atoms with van der Waals surface area (Å²) < 4.78 is 32.7. The van der Waals surface area contributed by atoms with E-state index in [-0.39, 0.29) is 13.2 Å². The van der Waals surface area contributed by atoms with Gasteiger partial charge in [0.15, 0.2) is 12.2 Å². The zero-order chi connectivity index (χ0) is 23.9. The lowest BCUT2D eigenvalue weighted by Crippen LogP contribution is -2.35. The standard InChI is InChI=1S/C26H26O8/c1-29-19-9-3-17(4-10-19)7-13-23(27)33-21-15-31-26-22(16-32-25(21)26)34-24(28)14-8-18-5-11-20(30-2)12-6-18/h3-14,21-22,25-26H,15-16H2,1-2H3/b13-7+,14-8+/t21-,22+,25?,26?. The second-order valence-corrected chi connectivity index (χ2v) is 7.76. The van der Waals surface area contributed by atoms with Gasteiger partial charge in [0.05, 0.1) is 27.4 Å². The average molecular weight is 466 g/mol. The smallest absolute Gasteiger partial charge is 0.331 e. The minimum absolute atomic E-state index is 0.174. The predicted molar refractivity (Wildman–Crippen MR) is 123 cm³/mol. The molecule has 2 aliphatic heterocycles. The molecule has 0 saturated carbocycles. The number of ether oxygens (including phenoxy) is 6. The Bertz CT molecular complexity index is 956. The first-order chi connectivity index (χ1) is 16.6. The molecule has 0 N–H and O–H groups in total. The Kier molecular flexibility index (Phi) is 7.61. The van der Waals surface area contributed by atoms with E-state index in [1.807, 2.05) is 24.3 Å². The van der Waals surface area contributed by atoms with Gasteiger partial charge in [-0.3, -0.25) is 0 Å². The zero-order valence-corrected chi connectivity index (χ0v) is 18.9. The van der Waals surface area contributed by atoms with Crippen molar-refractivity contribution < 1.29 is 38.0 Å². The summed E-state index contributed by atoms with van der Waals surface area (Å²) in [4.78, 5) is 24.5. The second kappa shape index (κ2) is 11.0. The van der Waals surface area contributed by atoms with Gasteiger partial charge in [-0.2, -0.15) is 0 Å². The number of rotatable bonds is 8. The van der Waals surface area contributed by atoms with Gasteiger partial charge in [0.25, 0.3) is 0 Å². The molecule has 0 spiro atoms. The van der Waals surface area contributed by atoms with Gasteiger partial charge in [0.2, 0.25) is 0 Å². The quantitative estimate of drug-likeness (QED) is 0.433. The van der Waals surface area contributed by atoms with Crippen LogP contribution in [0.15, 0.2) is 60.7 Å². The molecular formula is C26H26O8. The Morgan fingerprint density at radius 3 is 1.44 bits per heavy atom. The number of benzene rings is 2. The summed E-state index contributed by atoms with van der Waals surface area (Å²) >= 11 is 0. The molecule has 0 aromatic heterocycles. The molecule has 4 atom stereocenters. The normalized spacial score (nSPS) is 23.7. The van der Waals surface area contributed by atoms with E-state index < -0.39 is 36.4 Å². The van der Waals surface area contributed by atoms with Gasteiger partial charge in [-0.1, -0.05) is 24.3 Å². The van der Waals surface area contributed by atoms with Crippen molar-refractivity contribution in [3.8, 4) is 11.5 Å². The molecule has 2 fully saturated rings. The minimum Gasteiger partial charge on any atom is -0.497 e. The molecule has 2 aliphatic rings. The molecule has 2 aromatic carbocycles. The molecule has 0 amide bonds. The fourth-order valence-electron chi connectivity index (χ4n) is 3.77. The van der Waals surface area contributed by atoms with E-state index >= 15 is 0 Å². The van der Waals surface area contributed by atoms with Crippen LogP contribution in [0.4, 0.5) is 0 Å². The van der Waals surface area contributed by atoms with Crippen LogP contribution in [0.2, 0.25) is 0 Å². The number of carbonyl (C=O) groups is 2. The van der Waals surface area contributed by atoms with Crippen LogP contribution < -0.4 is 9.47 Å². The van der Waals surface area contributed by atoms with Gasteiger partial charge in [0.1, 0.15) is 23.7 Å². The first kappa shape index (κ1) is 23.5. The molecule has 4 rings (SSSR count). The van der Waals surface area contributed by atoms with E-state index in [0.29, 0.717) is 0 Å². The molecule has 0 bridgehead atoms. The van der Waals surface area contributed by atoms with Crippen LogP contribution in [0.3, 0.4) is 0 Å². The average Bonchev–Trinajstić information content (AvgIpc) is 3.45. The van der Waals surface area contributed by atoms with Crippen molar-refractivity contribution in [2.75, 3.05) is 27.4 Å². The zero-order valence-electron chi connectivity index (χ0n) is 18.9. The summed E-state index contributed by atoms with van der Waals surface area (Å²) in [5, 5.41) is 0. The maximum Gasteiger partial charge on any atom is 0.331 e. The van der Waals surface area contributed by atoms with Crippen molar-refractivity contribution in [1.29, 1.82) is 0 Å². The second-order valence-electron chi connectivity index (χ2n) is 7.76. The molecule has 8 heteroatoms. The maximum absolute atomic E-state index is 12.3. The van der Waals surface area contributed by atoms with Crippen LogP contribution in [0.5, 0.6) is 11.5 Å². The number of fused-ring (bicyclic) bond motifs is 1. The van der Waals surface area contributed by atoms with E-state index in [4.69, 9.17) is 28.4 Å². The first-order valence-corrected chi connectivity index (χ1v) is 10.8. The SMILES string of the molecule is COc1ccc(/C=C/C(=O)O[C@H]2COC3C2OC[C@H]3OC(=O)/C=C/c2ccc(OC)cc2)cc1. The van der Waals surface area contributed by atoms with Crippen LogP contribution >= 0.6 is 0 Å². The van der Waals surface area contributed by atoms with Crippen LogP contribution in [0, 0.1) is 0 Å². The lowest BCUT2D eigenvalue weighted by atomic mass is 10.1. The number of methoxy groups -OCH3 is 2. The highest BCUT2D eigenvalue weighted by atomic mass is 16.7. The molecular weight excluding hydrogens is 440 g/mol. The fourth-order valence-corrected chi connectivity index (χ4v) is 3.77. The fraction of sp³-hybridized carbons (Fsp3) is 0.308. The lowest BCUT2D eigenvalue weighted by Gasteiger charge is -2.16. The monoisotopic (exact) mass is 466 g/mol. The largest absolute Gasteiger partial charge is 0.497 e.